The Morgan fingerprint density at radius 2 is 1.42 bits per heavy atom. The van der Waals surface area contributed by atoms with Gasteiger partial charge in [-0.1, -0.05) is 30.3 Å². The topological polar surface area (TPSA) is 44.5 Å². The molecule has 3 nitrogen and oxygen atoms in total. The van der Waals surface area contributed by atoms with Crippen molar-refractivity contribution in [3.05, 3.63) is 84.2 Å². The van der Waals surface area contributed by atoms with Crippen LogP contribution in [0.25, 0.3) is 0 Å². The first-order valence-electron chi connectivity index (χ1n) is 7.21. The summed E-state index contributed by atoms with van der Waals surface area (Å²) in [4.78, 5) is 0. The van der Waals surface area contributed by atoms with E-state index in [9.17, 15) is 4.39 Å². The first-order chi connectivity index (χ1) is 11.2. The minimum Gasteiger partial charge on any atom is -0.489 e. The standard InChI is InChI=1S/C19H16FNO2.ClH/c20-17-6-2-1-5-14(17)13-22-15-9-11-16(12-10-15)23-19-8-4-3-7-18(19)21;/h1-12H,13,21H2;1H. The molecule has 0 amide bonds. The van der Waals surface area contributed by atoms with Gasteiger partial charge in [-0.05, 0) is 42.5 Å². The van der Waals surface area contributed by atoms with E-state index >= 15 is 0 Å². The lowest BCUT2D eigenvalue weighted by Crippen LogP contribution is -1.98. The molecule has 124 valence electrons. The first-order valence-corrected chi connectivity index (χ1v) is 7.21. The maximum Gasteiger partial charge on any atom is 0.150 e. The molecular weight excluding hydrogens is 329 g/mol. The van der Waals surface area contributed by atoms with Gasteiger partial charge in [0.2, 0.25) is 0 Å². The van der Waals surface area contributed by atoms with Gasteiger partial charge in [0.25, 0.3) is 0 Å². The zero-order valence-electron chi connectivity index (χ0n) is 12.8. The van der Waals surface area contributed by atoms with Crippen LogP contribution in [0.15, 0.2) is 72.8 Å². The lowest BCUT2D eigenvalue weighted by molar-refractivity contribution is 0.299. The predicted molar refractivity (Wildman–Crippen MR) is 95.4 cm³/mol. The Labute approximate surface area is 146 Å². The summed E-state index contributed by atoms with van der Waals surface area (Å²) in [7, 11) is 0. The molecule has 0 aliphatic rings. The van der Waals surface area contributed by atoms with Gasteiger partial charge in [-0.2, -0.15) is 0 Å². The van der Waals surface area contributed by atoms with E-state index in [-0.39, 0.29) is 24.8 Å². The smallest absolute Gasteiger partial charge is 0.150 e. The SMILES string of the molecule is Cl.Nc1ccccc1Oc1ccc(OCc2ccccc2F)cc1. The summed E-state index contributed by atoms with van der Waals surface area (Å²) in [5, 5.41) is 0. The summed E-state index contributed by atoms with van der Waals surface area (Å²) in [6, 6.07) is 20.9. The Morgan fingerprint density at radius 1 is 0.792 bits per heavy atom. The molecule has 0 spiro atoms. The second-order valence-corrected chi connectivity index (χ2v) is 4.99. The van der Waals surface area contributed by atoms with E-state index in [2.05, 4.69) is 0 Å². The van der Waals surface area contributed by atoms with Crippen molar-refractivity contribution in [2.75, 3.05) is 5.73 Å². The Bertz CT molecular complexity index is 793. The molecule has 3 rings (SSSR count). The molecule has 3 aromatic carbocycles. The third-order valence-electron chi connectivity index (χ3n) is 3.32. The van der Waals surface area contributed by atoms with Crippen LogP contribution in [0.1, 0.15) is 5.56 Å². The Balaban J connectivity index is 0.00000208. The number of anilines is 1. The largest absolute Gasteiger partial charge is 0.489 e. The fraction of sp³-hybridized carbons (Fsp3) is 0.0526. The third-order valence-corrected chi connectivity index (χ3v) is 3.32. The van der Waals surface area contributed by atoms with Crippen LogP contribution >= 0.6 is 12.4 Å². The minimum atomic E-state index is -0.271. The number of nitrogens with two attached hydrogens (primary N) is 1. The third kappa shape index (κ3) is 4.40. The highest BCUT2D eigenvalue weighted by Crippen LogP contribution is 2.28. The van der Waals surface area contributed by atoms with Crippen molar-refractivity contribution in [1.82, 2.24) is 0 Å². The van der Waals surface area contributed by atoms with Gasteiger partial charge in [0.05, 0.1) is 5.69 Å². The van der Waals surface area contributed by atoms with Crippen molar-refractivity contribution in [1.29, 1.82) is 0 Å². The minimum absolute atomic E-state index is 0. The van der Waals surface area contributed by atoms with Crippen molar-refractivity contribution in [3.63, 3.8) is 0 Å². The normalized spacial score (nSPS) is 9.88. The van der Waals surface area contributed by atoms with Crippen molar-refractivity contribution in [2.45, 2.75) is 6.61 Å². The number of para-hydroxylation sites is 2. The van der Waals surface area contributed by atoms with E-state index < -0.39 is 0 Å². The summed E-state index contributed by atoms with van der Waals surface area (Å²) in [5.74, 6) is 1.63. The molecule has 0 aromatic heterocycles. The monoisotopic (exact) mass is 345 g/mol. The van der Waals surface area contributed by atoms with Crippen LogP contribution in [0.3, 0.4) is 0 Å². The summed E-state index contributed by atoms with van der Waals surface area (Å²) in [5.41, 5.74) is 6.93. The Morgan fingerprint density at radius 3 is 2.12 bits per heavy atom. The van der Waals surface area contributed by atoms with E-state index in [0.29, 0.717) is 28.5 Å². The van der Waals surface area contributed by atoms with Crippen LogP contribution in [0.4, 0.5) is 10.1 Å². The number of benzene rings is 3. The van der Waals surface area contributed by atoms with Gasteiger partial charge >= 0.3 is 0 Å². The zero-order valence-corrected chi connectivity index (χ0v) is 13.6. The molecular formula is C19H17ClFNO2. The second-order valence-electron chi connectivity index (χ2n) is 4.99. The molecule has 3 aromatic rings. The molecule has 0 saturated heterocycles. The zero-order chi connectivity index (χ0) is 16.1. The fourth-order valence-corrected chi connectivity index (χ4v) is 2.08. The highest BCUT2D eigenvalue weighted by molar-refractivity contribution is 5.85. The van der Waals surface area contributed by atoms with Gasteiger partial charge in [0, 0.05) is 5.56 Å². The molecule has 0 fully saturated rings. The molecule has 0 aliphatic heterocycles. The molecule has 0 saturated carbocycles. The van der Waals surface area contributed by atoms with Crippen LogP contribution in [0, 0.1) is 5.82 Å². The molecule has 0 atom stereocenters. The van der Waals surface area contributed by atoms with Gasteiger partial charge in [-0.25, -0.2) is 4.39 Å². The quantitative estimate of drug-likeness (QED) is 0.646. The molecule has 0 aliphatic carbocycles. The fourth-order valence-electron chi connectivity index (χ4n) is 2.08. The highest BCUT2D eigenvalue weighted by Gasteiger charge is 2.04. The van der Waals surface area contributed by atoms with Crippen molar-refractivity contribution < 1.29 is 13.9 Å². The van der Waals surface area contributed by atoms with E-state index in [1.54, 1.807) is 54.6 Å². The van der Waals surface area contributed by atoms with Crippen molar-refractivity contribution in [3.8, 4) is 17.2 Å². The number of nitrogen functional groups attached to an aromatic ring is 1. The van der Waals surface area contributed by atoms with E-state index in [1.807, 2.05) is 12.1 Å². The number of hydrogen-bond donors (Lipinski definition) is 1. The Hall–Kier alpha value is -2.72. The number of halogens is 2. The lowest BCUT2D eigenvalue weighted by atomic mass is 10.2. The van der Waals surface area contributed by atoms with Crippen LogP contribution < -0.4 is 15.2 Å². The summed E-state index contributed by atoms with van der Waals surface area (Å²) in [6.07, 6.45) is 0. The van der Waals surface area contributed by atoms with Gasteiger partial charge in [-0.3, -0.25) is 0 Å². The van der Waals surface area contributed by atoms with Gasteiger partial charge in [-0.15, -0.1) is 12.4 Å². The molecule has 2 N–H and O–H groups in total. The maximum absolute atomic E-state index is 13.5. The van der Waals surface area contributed by atoms with E-state index in [1.165, 1.54) is 6.07 Å². The molecule has 24 heavy (non-hydrogen) atoms. The average molecular weight is 346 g/mol. The summed E-state index contributed by atoms with van der Waals surface area (Å²) in [6.45, 7) is 0.179. The maximum atomic E-state index is 13.5. The van der Waals surface area contributed by atoms with Gasteiger partial charge < -0.3 is 15.2 Å². The van der Waals surface area contributed by atoms with Crippen LogP contribution in [-0.4, -0.2) is 0 Å². The van der Waals surface area contributed by atoms with Crippen LogP contribution in [-0.2, 0) is 6.61 Å². The molecule has 0 unspecified atom stereocenters. The van der Waals surface area contributed by atoms with Crippen molar-refractivity contribution in [2.24, 2.45) is 0 Å². The second kappa shape index (κ2) is 8.22. The number of ether oxygens (including phenoxy) is 2. The number of hydrogen-bond acceptors (Lipinski definition) is 3. The predicted octanol–water partition coefficient (Wildman–Crippen LogP) is 5.20. The lowest BCUT2D eigenvalue weighted by Gasteiger charge is -2.10. The molecule has 5 heteroatoms. The molecule has 0 bridgehead atoms. The number of rotatable bonds is 5. The van der Waals surface area contributed by atoms with E-state index in [0.717, 1.165) is 0 Å². The Kier molecular flexibility index (Phi) is 6.04. The van der Waals surface area contributed by atoms with E-state index in [4.69, 9.17) is 15.2 Å². The highest BCUT2D eigenvalue weighted by atomic mass is 35.5. The van der Waals surface area contributed by atoms with Crippen LogP contribution in [0.5, 0.6) is 17.2 Å². The van der Waals surface area contributed by atoms with Crippen LogP contribution in [0.2, 0.25) is 0 Å². The first kappa shape index (κ1) is 17.6. The summed E-state index contributed by atoms with van der Waals surface area (Å²) < 4.78 is 24.8. The molecule has 0 radical (unpaired) electrons. The summed E-state index contributed by atoms with van der Waals surface area (Å²) >= 11 is 0. The van der Waals surface area contributed by atoms with Gasteiger partial charge in [0.1, 0.15) is 29.7 Å². The molecule has 0 heterocycles. The van der Waals surface area contributed by atoms with Gasteiger partial charge in [0.15, 0.2) is 0 Å². The van der Waals surface area contributed by atoms with Crippen molar-refractivity contribution >= 4 is 18.1 Å². The average Bonchev–Trinajstić information content (AvgIpc) is 2.57.